The van der Waals surface area contributed by atoms with Crippen LogP contribution in [-0.4, -0.2) is 37.5 Å². The normalized spacial score (nSPS) is 16.5. The summed E-state index contributed by atoms with van der Waals surface area (Å²) < 4.78 is 26.2. The number of benzene rings is 2. The number of esters is 2. The highest BCUT2D eigenvalue weighted by Gasteiger charge is 2.46. The van der Waals surface area contributed by atoms with Crippen molar-refractivity contribution in [3.63, 3.8) is 0 Å². The van der Waals surface area contributed by atoms with Crippen molar-refractivity contribution in [1.29, 1.82) is 0 Å². The van der Waals surface area contributed by atoms with Gasteiger partial charge in [-0.15, -0.1) is 0 Å². The third-order valence-electron chi connectivity index (χ3n) is 6.99. The fourth-order valence-corrected chi connectivity index (χ4v) is 5.18. The van der Waals surface area contributed by atoms with Gasteiger partial charge in [0.1, 0.15) is 5.82 Å². The molecule has 1 amide bonds. The minimum Gasteiger partial charge on any atom is -0.416 e. The van der Waals surface area contributed by atoms with Crippen LogP contribution in [0.3, 0.4) is 0 Å². The molecule has 1 saturated heterocycles. The van der Waals surface area contributed by atoms with Gasteiger partial charge in [0, 0.05) is 18.7 Å². The lowest BCUT2D eigenvalue weighted by Gasteiger charge is -2.32. The molecule has 4 rings (SSSR count). The number of amides is 1. The number of halogens is 2. The van der Waals surface area contributed by atoms with Gasteiger partial charge in [-0.05, 0) is 54.8 Å². The quantitative estimate of drug-likeness (QED) is 0.279. The number of unbranched alkanes of at least 4 members (excludes halogenated alkanes) is 4. The summed E-state index contributed by atoms with van der Waals surface area (Å²) in [5.74, 6) is -3.65. The van der Waals surface area contributed by atoms with Crippen LogP contribution in [0.4, 0.5) is 10.1 Å². The van der Waals surface area contributed by atoms with Crippen molar-refractivity contribution >= 4 is 35.1 Å². The number of nitrogens with one attached hydrogen (secondary N) is 3. The van der Waals surface area contributed by atoms with Crippen LogP contribution in [-0.2, 0) is 37.8 Å². The van der Waals surface area contributed by atoms with Gasteiger partial charge < -0.3 is 25.4 Å². The van der Waals surface area contributed by atoms with Crippen molar-refractivity contribution in [2.75, 3.05) is 25.0 Å². The molecule has 2 aromatic rings. The molecule has 0 unspecified atom stereocenters. The largest absolute Gasteiger partial charge is 0.416 e. The Kier molecular flexibility index (Phi) is 9.80. The SMILES string of the molecule is CCCCCCCNC(=O)c1ccc(CNc2c(Cl)ccc3c2CCNCC32OC(=O)CCC(=O)O2)cc1F. The standard InChI is InChI=1S/C29H35ClFN3O5/c1-2-3-4-5-6-14-33-28(37)21-8-7-19(16-24(21)31)17-34-27-20-13-15-32-18-29(22(20)9-10-23(27)30)38-25(35)11-12-26(36)39-29/h7-10,16,32,34H,2-6,11-15,17-18H2,1H3,(H,33,37). The van der Waals surface area contributed by atoms with E-state index in [1.807, 2.05) is 0 Å². The Labute approximate surface area is 233 Å². The first-order valence-corrected chi connectivity index (χ1v) is 14.0. The van der Waals surface area contributed by atoms with Gasteiger partial charge in [0.05, 0.1) is 35.7 Å². The van der Waals surface area contributed by atoms with Crippen LogP contribution in [0.15, 0.2) is 30.3 Å². The molecule has 1 spiro atoms. The average Bonchev–Trinajstić information content (AvgIpc) is 3.17. The van der Waals surface area contributed by atoms with Crippen LogP contribution in [0.25, 0.3) is 0 Å². The monoisotopic (exact) mass is 559 g/mol. The minimum absolute atomic E-state index is 0.00364. The van der Waals surface area contributed by atoms with E-state index in [0.29, 0.717) is 41.3 Å². The van der Waals surface area contributed by atoms with Gasteiger partial charge in [-0.25, -0.2) is 4.39 Å². The highest BCUT2D eigenvalue weighted by molar-refractivity contribution is 6.33. The van der Waals surface area contributed by atoms with Gasteiger partial charge >= 0.3 is 11.9 Å². The molecule has 2 aromatic carbocycles. The molecule has 0 atom stereocenters. The molecule has 0 saturated carbocycles. The van der Waals surface area contributed by atoms with Crippen molar-refractivity contribution in [3.8, 4) is 0 Å². The number of rotatable bonds is 10. The number of ether oxygens (including phenoxy) is 2. The molecule has 8 nitrogen and oxygen atoms in total. The van der Waals surface area contributed by atoms with Gasteiger partial charge in [0.15, 0.2) is 0 Å². The first-order valence-electron chi connectivity index (χ1n) is 13.6. The van der Waals surface area contributed by atoms with Crippen molar-refractivity contribution in [3.05, 3.63) is 63.4 Å². The maximum absolute atomic E-state index is 14.8. The van der Waals surface area contributed by atoms with Crippen LogP contribution in [0.5, 0.6) is 0 Å². The summed E-state index contributed by atoms with van der Waals surface area (Å²) >= 11 is 6.56. The number of fused-ring (bicyclic) bond motifs is 2. The van der Waals surface area contributed by atoms with Gasteiger partial charge in [-0.3, -0.25) is 14.4 Å². The minimum atomic E-state index is -1.59. The number of hydrogen-bond acceptors (Lipinski definition) is 7. The smallest absolute Gasteiger partial charge is 0.309 e. The molecule has 0 aromatic heterocycles. The van der Waals surface area contributed by atoms with E-state index in [1.165, 1.54) is 18.6 Å². The van der Waals surface area contributed by atoms with Gasteiger partial charge in [-0.2, -0.15) is 0 Å². The zero-order chi connectivity index (χ0) is 27.8. The second kappa shape index (κ2) is 13.3. The molecule has 2 aliphatic rings. The number of anilines is 1. The summed E-state index contributed by atoms with van der Waals surface area (Å²) in [5.41, 5.74) is 2.48. The van der Waals surface area contributed by atoms with E-state index >= 15 is 0 Å². The maximum atomic E-state index is 14.8. The third-order valence-corrected chi connectivity index (χ3v) is 7.30. The molecule has 10 heteroatoms. The Balaban J connectivity index is 1.48. The van der Waals surface area contributed by atoms with E-state index in [4.69, 9.17) is 21.1 Å². The second-order valence-electron chi connectivity index (χ2n) is 9.91. The third kappa shape index (κ3) is 7.08. The lowest BCUT2D eigenvalue weighted by atomic mass is 9.96. The maximum Gasteiger partial charge on any atom is 0.309 e. The summed E-state index contributed by atoms with van der Waals surface area (Å²) in [6, 6.07) is 7.86. The summed E-state index contributed by atoms with van der Waals surface area (Å²) in [5, 5.41) is 9.67. The molecule has 0 radical (unpaired) electrons. The lowest BCUT2D eigenvalue weighted by molar-refractivity contribution is -0.225. The topological polar surface area (TPSA) is 106 Å². The van der Waals surface area contributed by atoms with E-state index in [9.17, 15) is 18.8 Å². The highest BCUT2D eigenvalue weighted by Crippen LogP contribution is 2.40. The number of carbonyl (C=O) groups is 3. The Morgan fingerprint density at radius 3 is 2.51 bits per heavy atom. The van der Waals surface area contributed by atoms with Crippen LogP contribution < -0.4 is 16.0 Å². The Morgan fingerprint density at radius 2 is 1.79 bits per heavy atom. The fourth-order valence-electron chi connectivity index (χ4n) is 4.93. The van der Waals surface area contributed by atoms with E-state index in [1.54, 1.807) is 18.2 Å². The van der Waals surface area contributed by atoms with E-state index in [0.717, 1.165) is 31.2 Å². The van der Waals surface area contributed by atoms with Crippen molar-refractivity contribution in [2.24, 2.45) is 0 Å². The molecule has 0 aliphatic carbocycles. The van der Waals surface area contributed by atoms with E-state index < -0.39 is 29.5 Å². The summed E-state index contributed by atoms with van der Waals surface area (Å²) in [4.78, 5) is 37.1. The number of carbonyl (C=O) groups excluding carboxylic acids is 3. The van der Waals surface area contributed by atoms with Gasteiger partial charge in [0.2, 0.25) is 0 Å². The van der Waals surface area contributed by atoms with E-state index in [2.05, 4.69) is 22.9 Å². The zero-order valence-electron chi connectivity index (χ0n) is 22.2. The first kappa shape index (κ1) is 28.8. The fraction of sp³-hybridized carbons (Fsp3) is 0.483. The van der Waals surface area contributed by atoms with Crippen molar-refractivity contribution in [1.82, 2.24) is 10.6 Å². The molecule has 210 valence electrons. The summed E-state index contributed by atoms with van der Waals surface area (Å²) in [7, 11) is 0. The molecule has 0 bridgehead atoms. The molecule has 2 aliphatic heterocycles. The van der Waals surface area contributed by atoms with Crippen LogP contribution in [0, 0.1) is 5.82 Å². The van der Waals surface area contributed by atoms with Crippen molar-refractivity contribution in [2.45, 2.75) is 70.6 Å². The first-order chi connectivity index (χ1) is 18.8. The molecule has 3 N–H and O–H groups in total. The lowest BCUT2D eigenvalue weighted by Crippen LogP contribution is -2.43. The van der Waals surface area contributed by atoms with Gasteiger partial charge in [-0.1, -0.05) is 50.3 Å². The Bertz CT molecular complexity index is 1200. The Morgan fingerprint density at radius 1 is 1.05 bits per heavy atom. The van der Waals surface area contributed by atoms with Gasteiger partial charge in [0.25, 0.3) is 11.7 Å². The molecule has 2 heterocycles. The summed E-state index contributed by atoms with van der Waals surface area (Å²) in [6.45, 7) is 3.55. The van der Waals surface area contributed by atoms with E-state index in [-0.39, 0.29) is 31.5 Å². The highest BCUT2D eigenvalue weighted by atomic mass is 35.5. The average molecular weight is 560 g/mol. The molecule has 1 fully saturated rings. The molecular weight excluding hydrogens is 525 g/mol. The predicted octanol–water partition coefficient (Wildman–Crippen LogP) is 4.97. The zero-order valence-corrected chi connectivity index (χ0v) is 22.9. The Hall–Kier alpha value is -3.17. The number of hydrogen-bond donors (Lipinski definition) is 3. The molecule has 39 heavy (non-hydrogen) atoms. The van der Waals surface area contributed by atoms with Crippen LogP contribution >= 0.6 is 11.6 Å². The predicted molar refractivity (Wildman–Crippen MR) is 146 cm³/mol. The molecular formula is C29H35ClFN3O5. The second-order valence-corrected chi connectivity index (χ2v) is 10.3. The van der Waals surface area contributed by atoms with Crippen LogP contribution in [0.1, 0.15) is 78.9 Å². The van der Waals surface area contributed by atoms with Crippen LogP contribution in [0.2, 0.25) is 5.02 Å². The van der Waals surface area contributed by atoms with Crippen molar-refractivity contribution < 1.29 is 28.2 Å². The summed E-state index contributed by atoms with van der Waals surface area (Å²) in [6.07, 6.45) is 5.79.